The lowest BCUT2D eigenvalue weighted by Crippen LogP contribution is -2.24. The normalized spacial score (nSPS) is 11.7. The van der Waals surface area contributed by atoms with E-state index in [0.29, 0.717) is 12.1 Å². The van der Waals surface area contributed by atoms with Crippen LogP contribution in [0.5, 0.6) is 0 Å². The van der Waals surface area contributed by atoms with Crippen molar-refractivity contribution in [3.8, 4) is 0 Å². The summed E-state index contributed by atoms with van der Waals surface area (Å²) in [7, 11) is -3.55. The fourth-order valence-electron chi connectivity index (χ4n) is 1.80. The monoisotopic (exact) mass is 280 g/mol. The second kappa shape index (κ2) is 5.52. The van der Waals surface area contributed by atoms with Gasteiger partial charge in [-0.15, -0.1) is 0 Å². The van der Waals surface area contributed by atoms with Crippen LogP contribution in [0.4, 0.5) is 0 Å². The molecule has 102 valence electrons. The van der Waals surface area contributed by atoms with Gasteiger partial charge in [0, 0.05) is 24.8 Å². The number of aromatic amines is 1. The number of hydrogen-bond acceptors (Lipinski definition) is 4. The molecule has 1 aromatic carbocycles. The summed E-state index contributed by atoms with van der Waals surface area (Å²) in [4.78, 5) is 0.263. The highest BCUT2D eigenvalue weighted by molar-refractivity contribution is 7.89. The molecule has 0 atom stereocenters. The first kappa shape index (κ1) is 13.7. The van der Waals surface area contributed by atoms with E-state index in [1.165, 1.54) is 0 Å². The Bertz CT molecular complexity index is 650. The van der Waals surface area contributed by atoms with Crippen molar-refractivity contribution in [2.24, 2.45) is 5.73 Å². The quantitative estimate of drug-likeness (QED) is 0.748. The third-order valence-electron chi connectivity index (χ3n) is 2.93. The molecule has 7 heteroatoms. The largest absolute Gasteiger partial charge is 0.326 e. The van der Waals surface area contributed by atoms with Crippen LogP contribution in [0, 0.1) is 6.92 Å². The maximum atomic E-state index is 12.2. The van der Waals surface area contributed by atoms with Gasteiger partial charge < -0.3 is 5.73 Å². The van der Waals surface area contributed by atoms with E-state index < -0.39 is 10.0 Å². The van der Waals surface area contributed by atoms with Crippen molar-refractivity contribution >= 4 is 10.0 Å². The summed E-state index contributed by atoms with van der Waals surface area (Å²) in [6.45, 7) is 2.27. The van der Waals surface area contributed by atoms with E-state index in [0.717, 1.165) is 11.1 Å². The van der Waals surface area contributed by atoms with Gasteiger partial charge in [0.15, 0.2) is 0 Å². The number of H-pyrrole nitrogens is 1. The summed E-state index contributed by atoms with van der Waals surface area (Å²) in [6.07, 6.45) is 3.22. The van der Waals surface area contributed by atoms with Crippen LogP contribution >= 0.6 is 0 Å². The summed E-state index contributed by atoms with van der Waals surface area (Å²) in [5.74, 6) is 0. The van der Waals surface area contributed by atoms with E-state index in [9.17, 15) is 8.42 Å². The molecule has 1 heterocycles. The average Bonchev–Trinajstić information content (AvgIpc) is 2.90. The molecule has 0 aliphatic heterocycles. The molecule has 0 amide bonds. The molecule has 0 aliphatic rings. The van der Waals surface area contributed by atoms with E-state index in [1.54, 1.807) is 31.5 Å². The molecule has 1 aromatic heterocycles. The van der Waals surface area contributed by atoms with Gasteiger partial charge in [-0.25, -0.2) is 13.1 Å². The van der Waals surface area contributed by atoms with E-state index in [2.05, 4.69) is 14.9 Å². The van der Waals surface area contributed by atoms with Gasteiger partial charge in [-0.2, -0.15) is 5.10 Å². The van der Waals surface area contributed by atoms with Gasteiger partial charge in [0.1, 0.15) is 0 Å². The smallest absolute Gasteiger partial charge is 0.241 e. The van der Waals surface area contributed by atoms with E-state index in [1.807, 2.05) is 6.07 Å². The third kappa shape index (κ3) is 3.01. The van der Waals surface area contributed by atoms with Crippen LogP contribution in [0.3, 0.4) is 0 Å². The fraction of sp³-hybridized carbons (Fsp3) is 0.250. The molecule has 0 unspecified atom stereocenters. The molecule has 0 saturated heterocycles. The number of rotatable bonds is 5. The van der Waals surface area contributed by atoms with Gasteiger partial charge in [0.05, 0.1) is 11.1 Å². The molecule has 0 bridgehead atoms. The molecular formula is C12H16N4O2S. The highest BCUT2D eigenvalue weighted by Crippen LogP contribution is 2.18. The van der Waals surface area contributed by atoms with Crippen LogP contribution in [0.1, 0.15) is 16.7 Å². The lowest BCUT2D eigenvalue weighted by Gasteiger charge is -2.11. The predicted octanol–water partition coefficient (Wildman–Crippen LogP) is 0.655. The minimum atomic E-state index is -3.55. The molecule has 2 rings (SSSR count). The first-order chi connectivity index (χ1) is 9.04. The Morgan fingerprint density at radius 1 is 1.42 bits per heavy atom. The molecule has 0 fully saturated rings. The zero-order valence-electron chi connectivity index (χ0n) is 10.6. The standard InChI is InChI=1S/C12H16N4O2S/c1-9-11(5-13)3-2-4-12(9)19(17,18)16-8-10-6-14-15-7-10/h2-4,6-7,16H,5,8,13H2,1H3,(H,14,15). The first-order valence-electron chi connectivity index (χ1n) is 5.80. The van der Waals surface area contributed by atoms with Crippen molar-refractivity contribution in [1.82, 2.24) is 14.9 Å². The number of hydrogen-bond donors (Lipinski definition) is 3. The predicted molar refractivity (Wildman–Crippen MR) is 71.7 cm³/mol. The molecule has 2 aromatic rings. The van der Waals surface area contributed by atoms with Crippen molar-refractivity contribution in [1.29, 1.82) is 0 Å². The number of nitrogens with zero attached hydrogens (tertiary/aromatic N) is 1. The second-order valence-corrected chi connectivity index (χ2v) is 5.91. The average molecular weight is 280 g/mol. The second-order valence-electron chi connectivity index (χ2n) is 4.18. The Hall–Kier alpha value is -1.70. The number of benzene rings is 1. The van der Waals surface area contributed by atoms with E-state index >= 15 is 0 Å². The van der Waals surface area contributed by atoms with Gasteiger partial charge in [0.2, 0.25) is 10.0 Å². The summed E-state index contributed by atoms with van der Waals surface area (Å²) in [5.41, 5.74) is 7.87. The summed E-state index contributed by atoms with van der Waals surface area (Å²) in [6, 6.07) is 5.10. The number of sulfonamides is 1. The first-order valence-corrected chi connectivity index (χ1v) is 7.29. The lowest BCUT2D eigenvalue weighted by molar-refractivity contribution is 0.580. The number of nitrogens with one attached hydrogen (secondary N) is 2. The van der Waals surface area contributed by atoms with Crippen LogP contribution in [0.15, 0.2) is 35.5 Å². The highest BCUT2D eigenvalue weighted by Gasteiger charge is 2.17. The van der Waals surface area contributed by atoms with Crippen molar-refractivity contribution in [2.75, 3.05) is 0 Å². The van der Waals surface area contributed by atoms with Crippen molar-refractivity contribution in [3.05, 3.63) is 47.3 Å². The van der Waals surface area contributed by atoms with Crippen LogP contribution in [-0.4, -0.2) is 18.6 Å². The van der Waals surface area contributed by atoms with Crippen LogP contribution in [0.2, 0.25) is 0 Å². The molecule has 19 heavy (non-hydrogen) atoms. The lowest BCUT2D eigenvalue weighted by atomic mass is 10.1. The maximum absolute atomic E-state index is 12.2. The molecule has 0 aliphatic carbocycles. The Morgan fingerprint density at radius 3 is 2.84 bits per heavy atom. The molecule has 0 spiro atoms. The van der Waals surface area contributed by atoms with E-state index in [4.69, 9.17) is 5.73 Å². The van der Waals surface area contributed by atoms with Crippen LogP contribution < -0.4 is 10.5 Å². The minimum absolute atomic E-state index is 0.200. The molecule has 6 nitrogen and oxygen atoms in total. The van der Waals surface area contributed by atoms with Gasteiger partial charge in [-0.3, -0.25) is 5.10 Å². The van der Waals surface area contributed by atoms with Crippen molar-refractivity contribution in [2.45, 2.75) is 24.9 Å². The van der Waals surface area contributed by atoms with Gasteiger partial charge in [0.25, 0.3) is 0 Å². The zero-order chi connectivity index (χ0) is 13.9. The van der Waals surface area contributed by atoms with E-state index in [-0.39, 0.29) is 11.4 Å². The number of aromatic nitrogens is 2. The van der Waals surface area contributed by atoms with Gasteiger partial charge >= 0.3 is 0 Å². The maximum Gasteiger partial charge on any atom is 0.241 e. The SMILES string of the molecule is Cc1c(CN)cccc1S(=O)(=O)NCc1cn[nH]c1. The van der Waals surface area contributed by atoms with Crippen molar-refractivity contribution < 1.29 is 8.42 Å². The third-order valence-corrected chi connectivity index (χ3v) is 4.47. The Balaban J connectivity index is 2.24. The molecule has 0 radical (unpaired) electrons. The summed E-state index contributed by atoms with van der Waals surface area (Å²) >= 11 is 0. The highest BCUT2D eigenvalue weighted by atomic mass is 32.2. The summed E-state index contributed by atoms with van der Waals surface area (Å²) in [5, 5.41) is 6.40. The Labute approximate surface area is 112 Å². The van der Waals surface area contributed by atoms with Crippen molar-refractivity contribution in [3.63, 3.8) is 0 Å². The van der Waals surface area contributed by atoms with Crippen LogP contribution in [-0.2, 0) is 23.1 Å². The molecule has 0 saturated carbocycles. The summed E-state index contributed by atoms with van der Waals surface area (Å²) < 4.78 is 27.0. The fourth-order valence-corrected chi connectivity index (χ4v) is 3.11. The Morgan fingerprint density at radius 2 is 2.21 bits per heavy atom. The van der Waals surface area contributed by atoms with Gasteiger partial charge in [-0.05, 0) is 24.1 Å². The molecule has 4 N–H and O–H groups in total. The topological polar surface area (TPSA) is 101 Å². The molecular weight excluding hydrogens is 264 g/mol. The number of nitrogens with two attached hydrogens (primary N) is 1. The minimum Gasteiger partial charge on any atom is -0.326 e. The zero-order valence-corrected chi connectivity index (χ0v) is 11.4. The van der Waals surface area contributed by atoms with Crippen LogP contribution in [0.25, 0.3) is 0 Å². The van der Waals surface area contributed by atoms with Gasteiger partial charge in [-0.1, -0.05) is 12.1 Å². The Kier molecular flexibility index (Phi) is 3.98.